The van der Waals surface area contributed by atoms with Crippen LogP contribution in [0.5, 0.6) is 0 Å². The fraction of sp³-hybridized carbons (Fsp3) is 0.684. The fourth-order valence-electron chi connectivity index (χ4n) is 4.08. The van der Waals surface area contributed by atoms with Gasteiger partial charge in [0.15, 0.2) is 5.65 Å². The Morgan fingerprint density at radius 3 is 2.61 bits per heavy atom. The van der Waals surface area contributed by atoms with Gasteiger partial charge in [0.05, 0.1) is 0 Å². The SMILES string of the molecule is CC(C)N1CCC(Cc2nc3cccnc3n2C2CCC2)CC1. The van der Waals surface area contributed by atoms with Crippen LogP contribution in [0.4, 0.5) is 0 Å². The van der Waals surface area contributed by atoms with Gasteiger partial charge < -0.3 is 9.47 Å². The van der Waals surface area contributed by atoms with Crippen LogP contribution in [0.2, 0.25) is 0 Å². The van der Waals surface area contributed by atoms with Crippen molar-refractivity contribution in [3.05, 3.63) is 24.2 Å². The molecule has 4 heteroatoms. The Kier molecular flexibility index (Phi) is 4.10. The maximum atomic E-state index is 4.95. The molecule has 0 unspecified atom stereocenters. The van der Waals surface area contributed by atoms with E-state index >= 15 is 0 Å². The Hall–Kier alpha value is -1.42. The van der Waals surface area contributed by atoms with Crippen molar-refractivity contribution in [3.63, 3.8) is 0 Å². The molecule has 1 saturated carbocycles. The third-order valence-corrected chi connectivity index (χ3v) is 5.81. The quantitative estimate of drug-likeness (QED) is 0.860. The molecule has 2 aromatic heterocycles. The highest BCUT2D eigenvalue weighted by Crippen LogP contribution is 2.36. The predicted octanol–water partition coefficient (Wildman–Crippen LogP) is 3.82. The van der Waals surface area contributed by atoms with Crippen LogP contribution in [0.15, 0.2) is 18.3 Å². The average molecular weight is 312 g/mol. The van der Waals surface area contributed by atoms with Gasteiger partial charge in [-0.15, -0.1) is 0 Å². The highest BCUT2D eigenvalue weighted by molar-refractivity contribution is 5.71. The number of hydrogen-bond acceptors (Lipinski definition) is 3. The Bertz CT molecular complexity index is 663. The lowest BCUT2D eigenvalue weighted by atomic mass is 9.90. The van der Waals surface area contributed by atoms with Gasteiger partial charge >= 0.3 is 0 Å². The van der Waals surface area contributed by atoms with Crippen molar-refractivity contribution in [2.45, 2.75) is 64.5 Å². The molecule has 0 spiro atoms. The van der Waals surface area contributed by atoms with E-state index in [1.54, 1.807) is 0 Å². The molecule has 124 valence electrons. The van der Waals surface area contributed by atoms with Gasteiger partial charge in [0, 0.05) is 24.7 Å². The van der Waals surface area contributed by atoms with Crippen molar-refractivity contribution in [2.24, 2.45) is 5.92 Å². The first-order valence-electron chi connectivity index (χ1n) is 9.28. The molecule has 0 aromatic carbocycles. The topological polar surface area (TPSA) is 34.0 Å². The summed E-state index contributed by atoms with van der Waals surface area (Å²) in [4.78, 5) is 12.2. The first-order valence-corrected chi connectivity index (χ1v) is 9.28. The van der Waals surface area contributed by atoms with E-state index in [1.165, 1.54) is 51.0 Å². The maximum absolute atomic E-state index is 4.95. The van der Waals surface area contributed by atoms with E-state index in [4.69, 9.17) is 4.98 Å². The van der Waals surface area contributed by atoms with E-state index < -0.39 is 0 Å². The summed E-state index contributed by atoms with van der Waals surface area (Å²) in [6.07, 6.45) is 9.58. The second-order valence-corrected chi connectivity index (χ2v) is 7.61. The molecular formula is C19H28N4. The lowest BCUT2D eigenvalue weighted by Crippen LogP contribution is -2.39. The summed E-state index contributed by atoms with van der Waals surface area (Å²) in [6.45, 7) is 7.10. The van der Waals surface area contributed by atoms with Crippen molar-refractivity contribution in [3.8, 4) is 0 Å². The number of hydrogen-bond donors (Lipinski definition) is 0. The first kappa shape index (κ1) is 15.1. The van der Waals surface area contributed by atoms with Crippen LogP contribution in [0.3, 0.4) is 0 Å². The summed E-state index contributed by atoms with van der Waals surface area (Å²) in [5.41, 5.74) is 2.18. The van der Waals surface area contributed by atoms with Crippen LogP contribution < -0.4 is 0 Å². The smallest absolute Gasteiger partial charge is 0.160 e. The number of aromatic nitrogens is 3. The molecule has 23 heavy (non-hydrogen) atoms. The lowest BCUT2D eigenvalue weighted by Gasteiger charge is -2.35. The second-order valence-electron chi connectivity index (χ2n) is 7.61. The van der Waals surface area contributed by atoms with Crippen LogP contribution in [0, 0.1) is 5.92 Å². The highest BCUT2D eigenvalue weighted by Gasteiger charge is 2.28. The minimum atomic E-state index is 0.639. The van der Waals surface area contributed by atoms with E-state index in [2.05, 4.69) is 34.4 Å². The van der Waals surface area contributed by atoms with E-state index in [0.717, 1.165) is 23.5 Å². The number of imidazole rings is 1. The molecule has 0 N–H and O–H groups in total. The average Bonchev–Trinajstić information content (AvgIpc) is 2.85. The zero-order chi connectivity index (χ0) is 15.8. The summed E-state index contributed by atoms with van der Waals surface area (Å²) in [6, 6.07) is 5.44. The number of nitrogens with zero attached hydrogens (tertiary/aromatic N) is 4. The highest BCUT2D eigenvalue weighted by atomic mass is 15.2. The molecule has 3 heterocycles. The van der Waals surface area contributed by atoms with Crippen molar-refractivity contribution in [1.82, 2.24) is 19.4 Å². The van der Waals surface area contributed by atoms with Crippen LogP contribution in [-0.4, -0.2) is 38.6 Å². The molecule has 0 bridgehead atoms. The largest absolute Gasteiger partial charge is 0.310 e. The van der Waals surface area contributed by atoms with Gasteiger partial charge in [-0.25, -0.2) is 9.97 Å². The van der Waals surface area contributed by atoms with Crippen LogP contribution in [0.1, 0.15) is 57.8 Å². The zero-order valence-corrected chi connectivity index (χ0v) is 14.4. The molecule has 1 aliphatic carbocycles. The Balaban J connectivity index is 1.55. The van der Waals surface area contributed by atoms with E-state index in [0.29, 0.717) is 12.1 Å². The minimum Gasteiger partial charge on any atom is -0.310 e. The standard InChI is InChI=1S/C19H28N4/c1-14(2)22-11-8-15(9-12-22)13-18-21-17-7-4-10-20-19(17)23(18)16-5-3-6-16/h4,7,10,14-16H,3,5-6,8-9,11-13H2,1-2H3. The molecule has 2 aliphatic rings. The van der Waals surface area contributed by atoms with Crippen molar-refractivity contribution >= 4 is 11.2 Å². The molecule has 2 aromatic rings. The van der Waals surface area contributed by atoms with E-state index in [-0.39, 0.29) is 0 Å². The molecule has 0 radical (unpaired) electrons. The Morgan fingerprint density at radius 2 is 1.96 bits per heavy atom. The monoisotopic (exact) mass is 312 g/mol. The van der Waals surface area contributed by atoms with Crippen LogP contribution >= 0.6 is 0 Å². The Labute approximate surface area is 138 Å². The summed E-state index contributed by atoms with van der Waals surface area (Å²) in [7, 11) is 0. The van der Waals surface area contributed by atoms with Gasteiger partial charge in [-0.1, -0.05) is 0 Å². The van der Waals surface area contributed by atoms with E-state index in [1.807, 2.05) is 12.3 Å². The summed E-state index contributed by atoms with van der Waals surface area (Å²) >= 11 is 0. The maximum Gasteiger partial charge on any atom is 0.160 e. The molecule has 1 aliphatic heterocycles. The molecule has 4 rings (SSSR count). The van der Waals surface area contributed by atoms with Crippen LogP contribution in [-0.2, 0) is 6.42 Å². The molecule has 2 fully saturated rings. The molecule has 1 saturated heterocycles. The summed E-state index contributed by atoms with van der Waals surface area (Å²) < 4.78 is 2.47. The number of likely N-dealkylation sites (tertiary alicyclic amines) is 1. The first-order chi connectivity index (χ1) is 11.2. The number of piperidine rings is 1. The van der Waals surface area contributed by atoms with Gasteiger partial charge in [0.25, 0.3) is 0 Å². The zero-order valence-electron chi connectivity index (χ0n) is 14.4. The number of fused-ring (bicyclic) bond motifs is 1. The third-order valence-electron chi connectivity index (χ3n) is 5.81. The number of pyridine rings is 1. The molecule has 0 amide bonds. The van der Waals surface area contributed by atoms with Crippen molar-refractivity contribution in [2.75, 3.05) is 13.1 Å². The van der Waals surface area contributed by atoms with Gasteiger partial charge in [0.1, 0.15) is 11.3 Å². The molecular weight excluding hydrogens is 284 g/mol. The number of rotatable bonds is 4. The van der Waals surface area contributed by atoms with E-state index in [9.17, 15) is 0 Å². The third kappa shape index (κ3) is 2.89. The summed E-state index contributed by atoms with van der Waals surface area (Å²) in [5.74, 6) is 2.06. The summed E-state index contributed by atoms with van der Waals surface area (Å²) in [5, 5.41) is 0. The van der Waals surface area contributed by atoms with Gasteiger partial charge in [-0.2, -0.15) is 0 Å². The van der Waals surface area contributed by atoms with Crippen molar-refractivity contribution in [1.29, 1.82) is 0 Å². The van der Waals surface area contributed by atoms with Crippen molar-refractivity contribution < 1.29 is 0 Å². The minimum absolute atomic E-state index is 0.639. The predicted molar refractivity (Wildman–Crippen MR) is 93.6 cm³/mol. The molecule has 0 atom stereocenters. The normalized spacial score (nSPS) is 21.2. The molecule has 4 nitrogen and oxygen atoms in total. The van der Waals surface area contributed by atoms with Gasteiger partial charge in [-0.3, -0.25) is 0 Å². The van der Waals surface area contributed by atoms with Crippen LogP contribution in [0.25, 0.3) is 11.2 Å². The fourth-order valence-corrected chi connectivity index (χ4v) is 4.08. The lowest BCUT2D eigenvalue weighted by molar-refractivity contribution is 0.147. The van der Waals surface area contributed by atoms with Gasteiger partial charge in [0.2, 0.25) is 0 Å². The Morgan fingerprint density at radius 1 is 1.17 bits per heavy atom. The second kappa shape index (κ2) is 6.23. The van der Waals surface area contributed by atoms with Gasteiger partial charge in [-0.05, 0) is 77.1 Å².